The minimum absolute atomic E-state index is 0.00441. The topological polar surface area (TPSA) is 108 Å². The number of unbranched alkanes of at least 4 members (excludes halogenated alkanes) is 1. The van der Waals surface area contributed by atoms with Crippen LogP contribution in [-0.2, 0) is 14.3 Å². The number of amides is 3. The molecular formula is C26H43N3O5S. The maximum absolute atomic E-state index is 13.9. The van der Waals surface area contributed by atoms with E-state index in [1.54, 1.807) is 44.7 Å². The lowest BCUT2D eigenvalue weighted by Crippen LogP contribution is -2.55. The number of phenolic OH excluding ortho intramolecular Hbond substituents is 1. The summed E-state index contributed by atoms with van der Waals surface area (Å²) in [6.07, 6.45) is 3.12. The fraction of sp³-hybridized carbons (Fsp3) is 0.654. The molecule has 0 heterocycles. The van der Waals surface area contributed by atoms with Crippen molar-refractivity contribution in [2.24, 2.45) is 0 Å². The molecule has 8 nitrogen and oxygen atoms in total. The van der Waals surface area contributed by atoms with E-state index in [1.165, 1.54) is 17.0 Å². The van der Waals surface area contributed by atoms with Gasteiger partial charge < -0.3 is 25.4 Å². The van der Waals surface area contributed by atoms with Crippen molar-refractivity contribution in [3.63, 3.8) is 0 Å². The van der Waals surface area contributed by atoms with E-state index in [0.29, 0.717) is 30.7 Å². The van der Waals surface area contributed by atoms with E-state index < -0.39 is 29.3 Å². The molecule has 0 aliphatic carbocycles. The summed E-state index contributed by atoms with van der Waals surface area (Å²) >= 11 is 1.56. The minimum atomic E-state index is -0.974. The van der Waals surface area contributed by atoms with E-state index in [2.05, 4.69) is 10.6 Å². The van der Waals surface area contributed by atoms with E-state index in [0.717, 1.165) is 6.42 Å². The number of aromatic hydroxyl groups is 1. The summed E-state index contributed by atoms with van der Waals surface area (Å²) in [7, 11) is 0. The smallest absolute Gasteiger partial charge is 0.408 e. The van der Waals surface area contributed by atoms with Gasteiger partial charge in [0.15, 0.2) is 0 Å². The molecule has 0 aromatic heterocycles. The number of nitrogens with one attached hydrogen (secondary N) is 2. The first-order chi connectivity index (χ1) is 16.2. The predicted molar refractivity (Wildman–Crippen MR) is 142 cm³/mol. The van der Waals surface area contributed by atoms with Crippen molar-refractivity contribution in [1.29, 1.82) is 0 Å². The van der Waals surface area contributed by atoms with Crippen molar-refractivity contribution in [3.8, 4) is 5.75 Å². The standard InChI is InChI=1S/C26H43N3O5S/c1-9-10-15-29(23(32)20(14-16-35-8)27-24(33)34-26(5,6)7)21(22(31)28-25(2,3)4)18-12-11-13-19(30)17-18/h11-13,17,20-21,30H,9-10,14-16H2,1-8H3,(H,27,33)(H,28,31). The first-order valence-electron chi connectivity index (χ1n) is 12.1. The van der Waals surface area contributed by atoms with Gasteiger partial charge in [0.05, 0.1) is 0 Å². The molecule has 2 atom stereocenters. The lowest BCUT2D eigenvalue weighted by atomic mass is 9.99. The number of ether oxygens (including phenoxy) is 1. The second-order valence-electron chi connectivity index (χ2n) is 10.6. The predicted octanol–water partition coefficient (Wildman–Crippen LogP) is 4.62. The average molecular weight is 510 g/mol. The van der Waals surface area contributed by atoms with E-state index in [1.807, 2.05) is 34.0 Å². The van der Waals surface area contributed by atoms with E-state index in [4.69, 9.17) is 4.74 Å². The molecule has 3 amide bonds. The van der Waals surface area contributed by atoms with Crippen LogP contribution in [0.2, 0.25) is 0 Å². The Bertz CT molecular complexity index is 848. The molecule has 3 N–H and O–H groups in total. The minimum Gasteiger partial charge on any atom is -0.508 e. The van der Waals surface area contributed by atoms with Crippen LogP contribution in [0.4, 0.5) is 4.79 Å². The molecule has 198 valence electrons. The van der Waals surface area contributed by atoms with Gasteiger partial charge in [0.25, 0.3) is 0 Å². The number of nitrogens with zero attached hydrogens (tertiary/aromatic N) is 1. The fourth-order valence-electron chi connectivity index (χ4n) is 3.44. The van der Waals surface area contributed by atoms with Crippen LogP contribution >= 0.6 is 11.8 Å². The van der Waals surface area contributed by atoms with Gasteiger partial charge in [-0.1, -0.05) is 25.5 Å². The first-order valence-corrected chi connectivity index (χ1v) is 13.5. The normalized spacial score (nSPS) is 13.5. The molecule has 0 aliphatic heterocycles. The molecule has 0 saturated heterocycles. The van der Waals surface area contributed by atoms with Crippen molar-refractivity contribution in [1.82, 2.24) is 15.5 Å². The summed E-state index contributed by atoms with van der Waals surface area (Å²) in [5, 5.41) is 15.8. The van der Waals surface area contributed by atoms with Crippen molar-refractivity contribution in [2.45, 2.75) is 91.0 Å². The van der Waals surface area contributed by atoms with Gasteiger partial charge in [-0.05, 0) is 84.1 Å². The molecule has 0 radical (unpaired) electrons. The number of hydrogen-bond donors (Lipinski definition) is 3. The molecule has 35 heavy (non-hydrogen) atoms. The fourth-order valence-corrected chi connectivity index (χ4v) is 3.92. The second kappa shape index (κ2) is 13.6. The third kappa shape index (κ3) is 11.2. The number of benzene rings is 1. The molecule has 0 spiro atoms. The summed E-state index contributed by atoms with van der Waals surface area (Å²) in [6.45, 7) is 13.2. The van der Waals surface area contributed by atoms with Gasteiger partial charge in [0, 0.05) is 12.1 Å². The summed E-state index contributed by atoms with van der Waals surface area (Å²) in [6, 6.07) is 4.54. The molecule has 0 aliphatic rings. The van der Waals surface area contributed by atoms with Gasteiger partial charge >= 0.3 is 6.09 Å². The molecule has 9 heteroatoms. The molecule has 0 saturated carbocycles. The Labute approximate surface area is 214 Å². The first kappa shape index (κ1) is 30.6. The zero-order valence-corrected chi connectivity index (χ0v) is 23.3. The largest absolute Gasteiger partial charge is 0.508 e. The van der Waals surface area contributed by atoms with E-state index >= 15 is 0 Å². The summed E-state index contributed by atoms with van der Waals surface area (Å²) in [5.41, 5.74) is -0.744. The Kier molecular flexibility index (Phi) is 11.9. The number of thioether (sulfide) groups is 1. The summed E-state index contributed by atoms with van der Waals surface area (Å²) < 4.78 is 5.39. The van der Waals surface area contributed by atoms with E-state index in [-0.39, 0.29) is 17.6 Å². The second-order valence-corrected chi connectivity index (χ2v) is 11.6. The number of phenols is 1. The van der Waals surface area contributed by atoms with Gasteiger partial charge in [-0.3, -0.25) is 9.59 Å². The van der Waals surface area contributed by atoms with Crippen molar-refractivity contribution in [3.05, 3.63) is 29.8 Å². The van der Waals surface area contributed by atoms with Crippen LogP contribution < -0.4 is 10.6 Å². The molecular weight excluding hydrogens is 466 g/mol. The zero-order valence-electron chi connectivity index (χ0n) is 22.4. The highest BCUT2D eigenvalue weighted by atomic mass is 32.2. The summed E-state index contributed by atoms with van der Waals surface area (Å²) in [5.74, 6) is -0.0762. The van der Waals surface area contributed by atoms with Crippen molar-refractivity contribution in [2.75, 3.05) is 18.6 Å². The van der Waals surface area contributed by atoms with Crippen molar-refractivity contribution >= 4 is 29.7 Å². The third-order valence-electron chi connectivity index (χ3n) is 4.88. The number of carbonyl (C=O) groups is 3. The Hall–Kier alpha value is -2.42. The number of hydrogen-bond acceptors (Lipinski definition) is 6. The Morgan fingerprint density at radius 3 is 2.31 bits per heavy atom. The van der Waals surface area contributed by atoms with Crippen LogP contribution in [0.1, 0.15) is 79.3 Å². The van der Waals surface area contributed by atoms with Crippen LogP contribution in [0.25, 0.3) is 0 Å². The highest BCUT2D eigenvalue weighted by molar-refractivity contribution is 7.98. The van der Waals surface area contributed by atoms with Crippen LogP contribution in [0.3, 0.4) is 0 Å². The number of alkyl carbamates (subject to hydrolysis) is 1. The van der Waals surface area contributed by atoms with Gasteiger partial charge in [0.2, 0.25) is 11.8 Å². The van der Waals surface area contributed by atoms with Gasteiger partial charge in [0.1, 0.15) is 23.4 Å². The molecule has 1 aromatic rings. The lowest BCUT2D eigenvalue weighted by Gasteiger charge is -2.36. The quantitative estimate of drug-likeness (QED) is 0.402. The molecule has 1 aromatic carbocycles. The monoisotopic (exact) mass is 509 g/mol. The highest BCUT2D eigenvalue weighted by Crippen LogP contribution is 2.27. The highest BCUT2D eigenvalue weighted by Gasteiger charge is 2.37. The summed E-state index contributed by atoms with van der Waals surface area (Å²) in [4.78, 5) is 41.5. The Balaban J connectivity index is 3.46. The Morgan fingerprint density at radius 2 is 1.80 bits per heavy atom. The van der Waals surface area contributed by atoms with Gasteiger partial charge in [-0.2, -0.15) is 11.8 Å². The van der Waals surface area contributed by atoms with E-state index in [9.17, 15) is 19.5 Å². The molecule has 1 rings (SSSR count). The van der Waals surface area contributed by atoms with Gasteiger partial charge in [-0.15, -0.1) is 0 Å². The Morgan fingerprint density at radius 1 is 1.14 bits per heavy atom. The number of carbonyl (C=O) groups excluding carboxylic acids is 3. The number of rotatable bonds is 11. The zero-order chi connectivity index (χ0) is 26.8. The lowest BCUT2D eigenvalue weighted by molar-refractivity contribution is -0.143. The third-order valence-corrected chi connectivity index (χ3v) is 5.52. The maximum Gasteiger partial charge on any atom is 0.408 e. The molecule has 0 fully saturated rings. The van der Waals surface area contributed by atoms with Crippen LogP contribution in [-0.4, -0.2) is 63.6 Å². The maximum atomic E-state index is 13.9. The van der Waals surface area contributed by atoms with Crippen molar-refractivity contribution < 1.29 is 24.2 Å². The van der Waals surface area contributed by atoms with Gasteiger partial charge in [-0.25, -0.2) is 4.79 Å². The van der Waals surface area contributed by atoms with Crippen LogP contribution in [0, 0.1) is 0 Å². The molecule has 0 bridgehead atoms. The van der Waals surface area contributed by atoms with Crippen LogP contribution in [0.5, 0.6) is 5.75 Å². The SMILES string of the molecule is CCCCN(C(=O)C(CCSC)NC(=O)OC(C)(C)C)C(C(=O)NC(C)(C)C)c1cccc(O)c1. The average Bonchev–Trinajstić information content (AvgIpc) is 2.70. The molecule has 2 unspecified atom stereocenters. The van der Waals surface area contributed by atoms with Crippen LogP contribution in [0.15, 0.2) is 24.3 Å².